The standard InChI is InChI=1S/C21H19ClN6O2/c1-11(25-20(29)17-18(23)26-27-9-3-8-24-19(17)27)15-10-12-4-2-5-14(22)16(12)21(30)28(15)13-6-7-13/h2-5,8-11,13H,6-7H2,1H3,(H2,23,26)(H,25,29). The summed E-state index contributed by atoms with van der Waals surface area (Å²) in [6, 6.07) is 8.69. The summed E-state index contributed by atoms with van der Waals surface area (Å²) in [6.07, 6.45) is 5.11. The molecule has 9 heteroatoms. The van der Waals surface area contributed by atoms with Crippen LogP contribution < -0.4 is 16.6 Å². The molecule has 1 unspecified atom stereocenters. The van der Waals surface area contributed by atoms with E-state index >= 15 is 0 Å². The monoisotopic (exact) mass is 422 g/mol. The first-order chi connectivity index (χ1) is 14.5. The van der Waals surface area contributed by atoms with Gasteiger partial charge < -0.3 is 15.6 Å². The third-order valence-electron chi connectivity index (χ3n) is 5.41. The van der Waals surface area contributed by atoms with Crippen molar-refractivity contribution in [3.8, 4) is 0 Å². The molecule has 3 aromatic heterocycles. The molecule has 0 aliphatic heterocycles. The molecule has 1 amide bonds. The lowest BCUT2D eigenvalue weighted by molar-refractivity contribution is 0.0940. The molecule has 1 aliphatic rings. The molecule has 3 heterocycles. The van der Waals surface area contributed by atoms with E-state index in [1.165, 1.54) is 4.52 Å². The fourth-order valence-electron chi connectivity index (χ4n) is 3.86. The van der Waals surface area contributed by atoms with E-state index in [1.807, 2.05) is 25.1 Å². The van der Waals surface area contributed by atoms with Crippen molar-refractivity contribution < 1.29 is 4.79 Å². The number of nitrogens with one attached hydrogen (secondary N) is 1. The number of hydrogen-bond acceptors (Lipinski definition) is 5. The number of carbonyl (C=O) groups is 1. The molecule has 1 atom stereocenters. The molecule has 0 saturated heterocycles. The highest BCUT2D eigenvalue weighted by atomic mass is 35.5. The number of fused-ring (bicyclic) bond motifs is 2. The van der Waals surface area contributed by atoms with Gasteiger partial charge in [0.05, 0.1) is 16.5 Å². The first-order valence-corrected chi connectivity index (χ1v) is 10.1. The molecule has 5 rings (SSSR count). The minimum atomic E-state index is -0.438. The number of hydrogen-bond donors (Lipinski definition) is 2. The number of anilines is 1. The van der Waals surface area contributed by atoms with Crippen LogP contribution in [0, 0.1) is 0 Å². The summed E-state index contributed by atoms with van der Waals surface area (Å²) in [4.78, 5) is 30.5. The molecule has 1 aromatic carbocycles. The summed E-state index contributed by atoms with van der Waals surface area (Å²) in [5.74, 6) is -0.294. The fraction of sp³-hybridized carbons (Fsp3) is 0.238. The molecule has 30 heavy (non-hydrogen) atoms. The highest BCUT2D eigenvalue weighted by molar-refractivity contribution is 6.35. The fourth-order valence-corrected chi connectivity index (χ4v) is 4.12. The average molecular weight is 423 g/mol. The van der Waals surface area contributed by atoms with Crippen LogP contribution in [0.1, 0.15) is 47.9 Å². The molecule has 0 radical (unpaired) electrons. The maximum atomic E-state index is 13.2. The van der Waals surface area contributed by atoms with Crippen molar-refractivity contribution in [2.45, 2.75) is 31.8 Å². The molecule has 4 aromatic rings. The second-order valence-corrected chi connectivity index (χ2v) is 7.93. The second kappa shape index (κ2) is 6.84. The number of nitrogen functional groups attached to an aromatic ring is 1. The van der Waals surface area contributed by atoms with Gasteiger partial charge in [-0.2, -0.15) is 0 Å². The predicted molar refractivity (Wildman–Crippen MR) is 115 cm³/mol. The van der Waals surface area contributed by atoms with E-state index in [4.69, 9.17) is 17.3 Å². The summed E-state index contributed by atoms with van der Waals surface area (Å²) in [7, 11) is 0. The van der Waals surface area contributed by atoms with Gasteiger partial charge in [0.2, 0.25) is 0 Å². The van der Waals surface area contributed by atoms with Gasteiger partial charge in [-0.05, 0) is 43.4 Å². The van der Waals surface area contributed by atoms with Crippen molar-refractivity contribution in [1.82, 2.24) is 24.5 Å². The van der Waals surface area contributed by atoms with E-state index in [1.54, 1.807) is 29.1 Å². The van der Waals surface area contributed by atoms with E-state index in [0.717, 1.165) is 23.9 Å². The molecular formula is C21H19ClN6O2. The van der Waals surface area contributed by atoms with Gasteiger partial charge in [0.15, 0.2) is 11.5 Å². The number of halogens is 1. The maximum absolute atomic E-state index is 13.2. The molecule has 0 bridgehead atoms. The van der Waals surface area contributed by atoms with Crippen LogP contribution in [0.15, 0.2) is 47.5 Å². The topological polar surface area (TPSA) is 107 Å². The molecule has 152 valence electrons. The average Bonchev–Trinajstić information content (AvgIpc) is 3.48. The SMILES string of the molecule is CC(NC(=O)c1c(N)nn2cccnc12)c1cc2cccc(Cl)c2c(=O)n1C1CC1. The lowest BCUT2D eigenvalue weighted by atomic mass is 10.1. The number of pyridine rings is 1. The zero-order valence-corrected chi connectivity index (χ0v) is 16.9. The van der Waals surface area contributed by atoms with Gasteiger partial charge in [-0.15, -0.1) is 5.10 Å². The van der Waals surface area contributed by atoms with E-state index in [2.05, 4.69) is 15.4 Å². The van der Waals surface area contributed by atoms with Crippen LogP contribution in [-0.2, 0) is 0 Å². The van der Waals surface area contributed by atoms with Gasteiger partial charge in [0, 0.05) is 24.1 Å². The normalized spacial score (nSPS) is 14.9. The van der Waals surface area contributed by atoms with Crippen LogP contribution in [0.25, 0.3) is 16.4 Å². The summed E-state index contributed by atoms with van der Waals surface area (Å²) < 4.78 is 3.23. The Balaban J connectivity index is 1.57. The van der Waals surface area contributed by atoms with Crippen molar-refractivity contribution in [2.75, 3.05) is 5.73 Å². The number of rotatable bonds is 4. The van der Waals surface area contributed by atoms with Gasteiger partial charge in [0.25, 0.3) is 11.5 Å². The van der Waals surface area contributed by atoms with Gasteiger partial charge in [0.1, 0.15) is 5.56 Å². The van der Waals surface area contributed by atoms with E-state index in [0.29, 0.717) is 16.1 Å². The number of benzene rings is 1. The molecule has 1 saturated carbocycles. The van der Waals surface area contributed by atoms with Crippen molar-refractivity contribution in [3.05, 3.63) is 69.4 Å². The largest absolute Gasteiger partial charge is 0.381 e. The molecular weight excluding hydrogens is 404 g/mol. The van der Waals surface area contributed by atoms with Gasteiger partial charge in [-0.1, -0.05) is 23.7 Å². The molecule has 0 spiro atoms. The van der Waals surface area contributed by atoms with Crippen LogP contribution in [0.4, 0.5) is 5.82 Å². The molecule has 1 fully saturated rings. The smallest absolute Gasteiger partial charge is 0.260 e. The van der Waals surface area contributed by atoms with Crippen molar-refractivity contribution in [1.29, 1.82) is 0 Å². The Morgan fingerprint density at radius 2 is 2.13 bits per heavy atom. The second-order valence-electron chi connectivity index (χ2n) is 7.52. The Morgan fingerprint density at radius 3 is 2.90 bits per heavy atom. The minimum Gasteiger partial charge on any atom is -0.381 e. The highest BCUT2D eigenvalue weighted by Crippen LogP contribution is 2.37. The van der Waals surface area contributed by atoms with Crippen LogP contribution in [0.5, 0.6) is 0 Å². The Labute approximate surface area is 176 Å². The number of amides is 1. The van der Waals surface area contributed by atoms with Crippen LogP contribution in [0.2, 0.25) is 5.02 Å². The van der Waals surface area contributed by atoms with Crippen molar-refractivity contribution >= 4 is 39.7 Å². The summed E-state index contributed by atoms with van der Waals surface area (Å²) >= 11 is 6.30. The Kier molecular flexibility index (Phi) is 4.25. The third kappa shape index (κ3) is 2.91. The van der Waals surface area contributed by atoms with Crippen molar-refractivity contribution in [2.24, 2.45) is 0 Å². The number of carbonyl (C=O) groups excluding carboxylic acids is 1. The van der Waals surface area contributed by atoms with Crippen LogP contribution in [0.3, 0.4) is 0 Å². The molecule has 3 N–H and O–H groups in total. The predicted octanol–water partition coefficient (Wildman–Crippen LogP) is 3.11. The lowest BCUT2D eigenvalue weighted by Crippen LogP contribution is -2.32. The molecule has 8 nitrogen and oxygen atoms in total. The van der Waals surface area contributed by atoms with E-state index in [9.17, 15) is 9.59 Å². The maximum Gasteiger partial charge on any atom is 0.260 e. The summed E-state index contributed by atoms with van der Waals surface area (Å²) in [5.41, 5.74) is 7.16. The number of nitrogens with two attached hydrogens (primary N) is 1. The van der Waals surface area contributed by atoms with Gasteiger partial charge >= 0.3 is 0 Å². The van der Waals surface area contributed by atoms with Gasteiger partial charge in [-0.25, -0.2) is 9.50 Å². The summed E-state index contributed by atoms with van der Waals surface area (Å²) in [6.45, 7) is 1.84. The molecule has 1 aliphatic carbocycles. The van der Waals surface area contributed by atoms with Crippen molar-refractivity contribution in [3.63, 3.8) is 0 Å². The number of aromatic nitrogens is 4. The minimum absolute atomic E-state index is 0.100. The Hall–Kier alpha value is -3.39. The zero-order valence-electron chi connectivity index (χ0n) is 16.2. The van der Waals surface area contributed by atoms with Crippen LogP contribution >= 0.6 is 11.6 Å². The first-order valence-electron chi connectivity index (χ1n) is 9.69. The quantitative estimate of drug-likeness (QED) is 0.525. The van der Waals surface area contributed by atoms with E-state index in [-0.39, 0.29) is 23.0 Å². The number of nitrogens with zero attached hydrogens (tertiary/aromatic N) is 4. The van der Waals surface area contributed by atoms with E-state index < -0.39 is 11.9 Å². The highest BCUT2D eigenvalue weighted by Gasteiger charge is 2.30. The first kappa shape index (κ1) is 18.6. The Morgan fingerprint density at radius 1 is 1.33 bits per heavy atom. The Bertz CT molecular complexity index is 1370. The lowest BCUT2D eigenvalue weighted by Gasteiger charge is -2.21. The zero-order chi connectivity index (χ0) is 21.0. The van der Waals surface area contributed by atoms with Crippen LogP contribution in [-0.4, -0.2) is 25.1 Å². The summed E-state index contributed by atoms with van der Waals surface area (Å²) in [5, 5.41) is 8.77. The van der Waals surface area contributed by atoms with Gasteiger partial charge in [-0.3, -0.25) is 9.59 Å². The third-order valence-corrected chi connectivity index (χ3v) is 5.73.